The van der Waals surface area contributed by atoms with Crippen molar-refractivity contribution >= 4 is 59.7 Å². The Balaban J connectivity index is 1.10. The number of nitrogens with one attached hydrogen (secondary N) is 1. The van der Waals surface area contributed by atoms with Crippen LogP contribution in [0.3, 0.4) is 0 Å². The summed E-state index contributed by atoms with van der Waals surface area (Å²) in [6, 6.07) is 62.0. The van der Waals surface area contributed by atoms with Crippen LogP contribution >= 0.6 is 11.3 Å². The Bertz CT molecular complexity index is 2830. The summed E-state index contributed by atoms with van der Waals surface area (Å²) in [5.41, 5.74) is 15.0. The number of hydrogen-bond donors (Lipinski definition) is 1. The molecule has 0 radical (unpaired) electrons. The van der Waals surface area contributed by atoms with Crippen molar-refractivity contribution in [3.8, 4) is 44.5 Å². The van der Waals surface area contributed by atoms with Crippen molar-refractivity contribution in [2.75, 3.05) is 5.32 Å². The molecule has 0 fully saturated rings. The predicted molar refractivity (Wildman–Crippen MR) is 230 cm³/mol. The molecule has 0 spiro atoms. The highest BCUT2D eigenvalue weighted by atomic mass is 32.1. The molecule has 0 saturated carbocycles. The van der Waals surface area contributed by atoms with Gasteiger partial charge < -0.3 is 5.32 Å². The first kappa shape index (κ1) is 31.5. The smallest absolute Gasteiger partial charge is 0.0470 e. The van der Waals surface area contributed by atoms with Gasteiger partial charge in [-0.3, -0.25) is 0 Å². The minimum absolute atomic E-state index is 0.426. The van der Waals surface area contributed by atoms with Crippen LogP contribution in [0.4, 0.5) is 11.4 Å². The summed E-state index contributed by atoms with van der Waals surface area (Å²) in [4.78, 5) is 0. The van der Waals surface area contributed by atoms with Crippen LogP contribution in [0.2, 0.25) is 0 Å². The van der Waals surface area contributed by atoms with Gasteiger partial charge in [-0.15, -0.1) is 11.3 Å². The summed E-state index contributed by atoms with van der Waals surface area (Å²) in [6.45, 7) is 2.38. The molecule has 0 aliphatic heterocycles. The zero-order chi connectivity index (χ0) is 35.3. The van der Waals surface area contributed by atoms with Crippen molar-refractivity contribution in [2.45, 2.75) is 19.3 Å². The van der Waals surface area contributed by atoms with E-state index in [1.54, 1.807) is 0 Å². The first-order valence-corrected chi connectivity index (χ1v) is 19.3. The zero-order valence-electron chi connectivity index (χ0n) is 29.5. The lowest BCUT2D eigenvalue weighted by Gasteiger charge is -2.27. The molecule has 0 bridgehead atoms. The fraction of sp³-hybridized carbons (Fsp3) is 0.0588. The minimum atomic E-state index is 0.426. The van der Waals surface area contributed by atoms with E-state index in [4.69, 9.17) is 0 Å². The van der Waals surface area contributed by atoms with Crippen LogP contribution in [0.25, 0.3) is 81.5 Å². The molecule has 252 valence electrons. The molecule has 0 amide bonds. The third-order valence-corrected chi connectivity index (χ3v) is 12.1. The van der Waals surface area contributed by atoms with Crippen molar-refractivity contribution in [1.29, 1.82) is 0 Å². The number of fused-ring (bicyclic) bond motifs is 5. The van der Waals surface area contributed by atoms with Crippen LogP contribution < -0.4 is 5.32 Å². The van der Waals surface area contributed by atoms with E-state index in [1.165, 1.54) is 86.6 Å². The fourth-order valence-corrected chi connectivity index (χ4v) is 9.66. The molecule has 9 aromatic rings. The second-order valence-electron chi connectivity index (χ2n) is 14.1. The third-order valence-electron chi connectivity index (χ3n) is 10.9. The molecule has 1 aliphatic rings. The maximum atomic E-state index is 3.89. The summed E-state index contributed by atoms with van der Waals surface area (Å²) in [7, 11) is 0. The van der Waals surface area contributed by atoms with Crippen LogP contribution in [0.1, 0.15) is 30.4 Å². The second-order valence-corrected chi connectivity index (χ2v) is 15.2. The predicted octanol–water partition coefficient (Wildman–Crippen LogP) is 15.1. The highest BCUT2D eigenvalue weighted by Crippen LogP contribution is 2.48. The molecule has 1 unspecified atom stereocenters. The van der Waals surface area contributed by atoms with Crippen LogP contribution in [0.15, 0.2) is 176 Å². The van der Waals surface area contributed by atoms with Gasteiger partial charge in [-0.1, -0.05) is 165 Å². The molecular weight excluding hydrogens is 659 g/mol. The fourth-order valence-electron chi connectivity index (χ4n) is 8.43. The van der Waals surface area contributed by atoms with Crippen LogP contribution in [-0.2, 0) is 0 Å². The Morgan fingerprint density at radius 2 is 1.13 bits per heavy atom. The SMILES string of the molecule is CC1CC=Cc2c1c(-c1ccccc1)c1ccccc1c2-c1ccc(Nc2cc(-c3ccccc3)ccc2-c2cccc3c2sc2ccccc23)cc1. The van der Waals surface area contributed by atoms with Crippen LogP contribution in [-0.4, -0.2) is 0 Å². The normalized spacial score (nSPS) is 13.8. The first-order valence-electron chi connectivity index (χ1n) is 18.5. The largest absolute Gasteiger partial charge is 0.355 e. The first-order chi connectivity index (χ1) is 26.2. The summed E-state index contributed by atoms with van der Waals surface area (Å²) < 4.78 is 2.63. The van der Waals surface area contributed by atoms with Crippen LogP contribution in [0.5, 0.6) is 0 Å². The molecule has 1 aromatic heterocycles. The standard InChI is InChI=1S/C51H37NS/c1-33-14-12-24-45-48(33)50(35-17-6-3-7-18-35)42-21-9-8-20-41(42)49(45)36-26-29-38(30-27-36)52-46-32-37(34-15-4-2-5-16-34)28-31-39(46)43-22-13-23-44-40-19-10-11-25-47(40)53-51(43)44/h2-13,15-33,52H,14H2,1H3. The van der Waals surface area contributed by atoms with Gasteiger partial charge in [0.15, 0.2) is 0 Å². The highest BCUT2D eigenvalue weighted by Gasteiger charge is 2.25. The van der Waals surface area contributed by atoms with E-state index in [0.29, 0.717) is 5.92 Å². The van der Waals surface area contributed by atoms with Crippen molar-refractivity contribution in [1.82, 2.24) is 0 Å². The van der Waals surface area contributed by atoms with Gasteiger partial charge >= 0.3 is 0 Å². The topological polar surface area (TPSA) is 12.0 Å². The lowest BCUT2D eigenvalue weighted by atomic mass is 9.76. The molecular formula is C51H37NS. The lowest BCUT2D eigenvalue weighted by Crippen LogP contribution is -2.06. The summed E-state index contributed by atoms with van der Waals surface area (Å²) >= 11 is 1.88. The molecule has 53 heavy (non-hydrogen) atoms. The molecule has 1 aliphatic carbocycles. The number of benzene rings is 8. The number of allylic oxidation sites excluding steroid dienone is 1. The molecule has 1 atom stereocenters. The van der Waals surface area contributed by atoms with Crippen molar-refractivity contribution in [3.05, 3.63) is 187 Å². The Hall–Kier alpha value is -6.22. The highest BCUT2D eigenvalue weighted by molar-refractivity contribution is 7.26. The molecule has 10 rings (SSSR count). The Morgan fingerprint density at radius 1 is 0.509 bits per heavy atom. The van der Waals surface area contributed by atoms with Gasteiger partial charge in [0, 0.05) is 42.7 Å². The van der Waals surface area contributed by atoms with E-state index < -0.39 is 0 Å². The Labute approximate surface area is 314 Å². The molecule has 2 heteroatoms. The summed E-state index contributed by atoms with van der Waals surface area (Å²) in [6.07, 6.45) is 5.77. The average molecular weight is 696 g/mol. The van der Waals surface area contributed by atoms with E-state index in [9.17, 15) is 0 Å². The third kappa shape index (κ3) is 5.46. The molecule has 1 N–H and O–H groups in total. The Morgan fingerprint density at radius 3 is 1.91 bits per heavy atom. The van der Waals surface area contributed by atoms with Crippen molar-refractivity contribution in [2.24, 2.45) is 0 Å². The quantitative estimate of drug-likeness (QED) is 0.183. The average Bonchev–Trinajstić information content (AvgIpc) is 3.60. The number of rotatable bonds is 6. The van der Waals surface area contributed by atoms with Crippen molar-refractivity contribution in [3.63, 3.8) is 0 Å². The molecule has 0 saturated heterocycles. The van der Waals surface area contributed by atoms with E-state index in [-0.39, 0.29) is 0 Å². The maximum Gasteiger partial charge on any atom is 0.0470 e. The van der Waals surface area contributed by atoms with Gasteiger partial charge in [-0.05, 0) is 91.9 Å². The molecule has 1 nitrogen and oxygen atoms in total. The maximum absolute atomic E-state index is 3.89. The minimum Gasteiger partial charge on any atom is -0.355 e. The lowest BCUT2D eigenvalue weighted by molar-refractivity contribution is 0.775. The summed E-state index contributed by atoms with van der Waals surface area (Å²) in [5, 5.41) is 9.12. The monoisotopic (exact) mass is 695 g/mol. The van der Waals surface area contributed by atoms with E-state index in [0.717, 1.165) is 17.8 Å². The van der Waals surface area contributed by atoms with E-state index in [1.807, 2.05) is 11.3 Å². The number of anilines is 2. The van der Waals surface area contributed by atoms with E-state index in [2.05, 4.69) is 194 Å². The molecule has 8 aromatic carbocycles. The number of thiophene rings is 1. The van der Waals surface area contributed by atoms with Gasteiger partial charge in [0.25, 0.3) is 0 Å². The Kier molecular flexibility index (Phi) is 7.78. The van der Waals surface area contributed by atoms with Crippen molar-refractivity contribution < 1.29 is 0 Å². The molecule has 1 heterocycles. The van der Waals surface area contributed by atoms with Gasteiger partial charge in [0.05, 0.1) is 0 Å². The summed E-state index contributed by atoms with van der Waals surface area (Å²) in [5.74, 6) is 0.426. The van der Waals surface area contributed by atoms with Gasteiger partial charge in [-0.2, -0.15) is 0 Å². The van der Waals surface area contributed by atoms with Gasteiger partial charge in [0.2, 0.25) is 0 Å². The van der Waals surface area contributed by atoms with Gasteiger partial charge in [0.1, 0.15) is 0 Å². The number of hydrogen-bond acceptors (Lipinski definition) is 2. The van der Waals surface area contributed by atoms with Crippen LogP contribution in [0, 0.1) is 0 Å². The van der Waals surface area contributed by atoms with E-state index >= 15 is 0 Å². The van der Waals surface area contributed by atoms with Gasteiger partial charge in [-0.25, -0.2) is 0 Å². The second kappa shape index (κ2) is 13.1. The zero-order valence-corrected chi connectivity index (χ0v) is 30.3.